The minimum Gasteiger partial charge on any atom is -0.368 e. The van der Waals surface area contributed by atoms with Crippen molar-refractivity contribution in [3.8, 4) is 0 Å². The van der Waals surface area contributed by atoms with Gasteiger partial charge < -0.3 is 10.6 Å². The lowest BCUT2D eigenvalue weighted by molar-refractivity contribution is -0.139. The molecule has 0 aromatic carbocycles. The van der Waals surface area contributed by atoms with Crippen LogP contribution in [0.5, 0.6) is 0 Å². The first kappa shape index (κ1) is 11.4. The molecule has 5 heteroatoms. The zero-order valence-corrected chi connectivity index (χ0v) is 9.17. The quantitative estimate of drug-likeness (QED) is 0.654. The van der Waals surface area contributed by atoms with Crippen LogP contribution in [0.25, 0.3) is 0 Å². The SMILES string of the molecule is CC(CS)C(=O)N1CCC[C@H]1C(N)=O. The Balaban J connectivity index is 2.67. The topological polar surface area (TPSA) is 63.4 Å². The number of hydrogen-bond donors (Lipinski definition) is 2. The fourth-order valence-electron chi connectivity index (χ4n) is 1.69. The number of nitrogens with two attached hydrogens (primary N) is 1. The maximum atomic E-state index is 11.8. The highest BCUT2D eigenvalue weighted by molar-refractivity contribution is 7.80. The predicted molar refractivity (Wildman–Crippen MR) is 56.9 cm³/mol. The second kappa shape index (κ2) is 4.68. The van der Waals surface area contributed by atoms with Crippen LogP contribution in [0.1, 0.15) is 19.8 Å². The highest BCUT2D eigenvalue weighted by Crippen LogP contribution is 2.19. The number of carbonyl (C=O) groups excluding carboxylic acids is 2. The van der Waals surface area contributed by atoms with E-state index in [2.05, 4.69) is 12.6 Å². The van der Waals surface area contributed by atoms with Gasteiger partial charge in [-0.2, -0.15) is 12.6 Å². The van der Waals surface area contributed by atoms with E-state index in [-0.39, 0.29) is 11.8 Å². The lowest BCUT2D eigenvalue weighted by Crippen LogP contribution is -2.45. The van der Waals surface area contributed by atoms with Crippen molar-refractivity contribution < 1.29 is 9.59 Å². The van der Waals surface area contributed by atoms with Crippen molar-refractivity contribution in [3.63, 3.8) is 0 Å². The van der Waals surface area contributed by atoms with Gasteiger partial charge in [0, 0.05) is 18.2 Å². The van der Waals surface area contributed by atoms with E-state index < -0.39 is 11.9 Å². The van der Waals surface area contributed by atoms with E-state index in [0.717, 1.165) is 6.42 Å². The fraction of sp³-hybridized carbons (Fsp3) is 0.778. The van der Waals surface area contributed by atoms with Crippen molar-refractivity contribution >= 4 is 24.4 Å². The van der Waals surface area contributed by atoms with Gasteiger partial charge in [-0.25, -0.2) is 0 Å². The maximum absolute atomic E-state index is 11.8. The molecule has 1 saturated heterocycles. The summed E-state index contributed by atoms with van der Waals surface area (Å²) in [6, 6.07) is -0.398. The van der Waals surface area contributed by atoms with Gasteiger partial charge in [0.25, 0.3) is 0 Å². The highest BCUT2D eigenvalue weighted by atomic mass is 32.1. The number of carbonyl (C=O) groups is 2. The summed E-state index contributed by atoms with van der Waals surface area (Å²) in [5.74, 6) is -0.0531. The van der Waals surface area contributed by atoms with Crippen molar-refractivity contribution in [1.29, 1.82) is 0 Å². The second-order valence-corrected chi connectivity index (χ2v) is 4.04. The Hall–Kier alpha value is -0.710. The van der Waals surface area contributed by atoms with E-state index in [4.69, 9.17) is 5.73 Å². The number of hydrogen-bond acceptors (Lipinski definition) is 3. The molecule has 0 aromatic rings. The first-order valence-corrected chi connectivity index (χ1v) is 5.41. The summed E-state index contributed by atoms with van der Waals surface area (Å²) < 4.78 is 0. The number of amides is 2. The van der Waals surface area contributed by atoms with Crippen LogP contribution in [0, 0.1) is 5.92 Å². The molecule has 1 unspecified atom stereocenters. The van der Waals surface area contributed by atoms with E-state index in [9.17, 15) is 9.59 Å². The minimum absolute atomic E-state index is 0.0127. The van der Waals surface area contributed by atoms with Crippen molar-refractivity contribution in [2.75, 3.05) is 12.3 Å². The third kappa shape index (κ3) is 2.20. The maximum Gasteiger partial charge on any atom is 0.240 e. The molecule has 1 aliphatic heterocycles. The Morgan fingerprint density at radius 1 is 1.64 bits per heavy atom. The molecule has 2 N–H and O–H groups in total. The number of thiol groups is 1. The number of primary amides is 1. The van der Waals surface area contributed by atoms with Gasteiger partial charge in [-0.05, 0) is 12.8 Å². The molecular formula is C9H16N2O2S. The van der Waals surface area contributed by atoms with Gasteiger partial charge in [-0.1, -0.05) is 6.92 Å². The molecule has 1 aliphatic rings. The van der Waals surface area contributed by atoms with E-state index >= 15 is 0 Å². The van der Waals surface area contributed by atoms with Gasteiger partial charge in [0.05, 0.1) is 0 Å². The number of nitrogens with zero attached hydrogens (tertiary/aromatic N) is 1. The normalized spacial score (nSPS) is 23.6. The predicted octanol–water partition coefficient (Wildman–Crippen LogP) is 0.0286. The Labute approximate surface area is 89.2 Å². The third-order valence-electron chi connectivity index (χ3n) is 2.56. The van der Waals surface area contributed by atoms with Gasteiger partial charge in [0.2, 0.25) is 11.8 Å². The summed E-state index contributed by atoms with van der Waals surface area (Å²) in [5.41, 5.74) is 5.22. The molecule has 80 valence electrons. The van der Waals surface area contributed by atoms with Crippen molar-refractivity contribution in [2.45, 2.75) is 25.8 Å². The van der Waals surface area contributed by atoms with Gasteiger partial charge in [0.15, 0.2) is 0 Å². The average Bonchev–Trinajstić information content (AvgIpc) is 2.63. The lowest BCUT2D eigenvalue weighted by Gasteiger charge is -2.24. The molecule has 0 spiro atoms. The zero-order chi connectivity index (χ0) is 10.7. The number of rotatable bonds is 3. The van der Waals surface area contributed by atoms with Crippen LogP contribution in [0.4, 0.5) is 0 Å². The average molecular weight is 216 g/mol. The molecule has 1 fully saturated rings. The summed E-state index contributed by atoms with van der Waals surface area (Å²) in [7, 11) is 0. The summed E-state index contributed by atoms with van der Waals surface area (Å²) in [6.07, 6.45) is 1.55. The molecule has 2 atom stereocenters. The van der Waals surface area contributed by atoms with Gasteiger partial charge in [-0.3, -0.25) is 9.59 Å². The molecule has 4 nitrogen and oxygen atoms in total. The Morgan fingerprint density at radius 3 is 2.79 bits per heavy atom. The Morgan fingerprint density at radius 2 is 2.29 bits per heavy atom. The summed E-state index contributed by atoms with van der Waals surface area (Å²) in [6.45, 7) is 2.45. The van der Waals surface area contributed by atoms with E-state index in [1.807, 2.05) is 6.92 Å². The van der Waals surface area contributed by atoms with Gasteiger partial charge in [0.1, 0.15) is 6.04 Å². The molecule has 2 amide bonds. The summed E-state index contributed by atoms with van der Waals surface area (Å²) in [4.78, 5) is 24.4. The standard InChI is InChI=1S/C9H16N2O2S/c1-6(5-14)9(13)11-4-2-3-7(11)8(10)12/h6-7,14H,2-5H2,1H3,(H2,10,12)/t6?,7-/m0/s1. The molecule has 0 bridgehead atoms. The first-order chi connectivity index (χ1) is 6.57. The van der Waals surface area contributed by atoms with Crippen LogP contribution in [0.3, 0.4) is 0 Å². The van der Waals surface area contributed by atoms with Crippen LogP contribution in [0.2, 0.25) is 0 Å². The molecule has 0 saturated carbocycles. The molecule has 0 aliphatic carbocycles. The van der Waals surface area contributed by atoms with Crippen LogP contribution in [0.15, 0.2) is 0 Å². The third-order valence-corrected chi connectivity index (χ3v) is 3.11. The first-order valence-electron chi connectivity index (χ1n) is 4.78. The lowest BCUT2D eigenvalue weighted by atomic mass is 10.1. The van der Waals surface area contributed by atoms with Crippen LogP contribution in [-0.2, 0) is 9.59 Å². The molecule has 14 heavy (non-hydrogen) atoms. The van der Waals surface area contributed by atoms with Crippen LogP contribution in [-0.4, -0.2) is 35.1 Å². The fourth-order valence-corrected chi connectivity index (χ4v) is 1.84. The molecule has 0 radical (unpaired) electrons. The molecule has 0 aromatic heterocycles. The molecule has 1 rings (SSSR count). The highest BCUT2D eigenvalue weighted by Gasteiger charge is 2.34. The van der Waals surface area contributed by atoms with E-state index in [1.165, 1.54) is 0 Å². The van der Waals surface area contributed by atoms with Crippen molar-refractivity contribution in [2.24, 2.45) is 11.7 Å². The van der Waals surface area contributed by atoms with Gasteiger partial charge in [-0.15, -0.1) is 0 Å². The van der Waals surface area contributed by atoms with Crippen LogP contribution < -0.4 is 5.73 Å². The largest absolute Gasteiger partial charge is 0.368 e. The van der Waals surface area contributed by atoms with Gasteiger partial charge >= 0.3 is 0 Å². The monoisotopic (exact) mass is 216 g/mol. The summed E-state index contributed by atoms with van der Waals surface area (Å²) in [5, 5.41) is 0. The second-order valence-electron chi connectivity index (χ2n) is 3.68. The van der Waals surface area contributed by atoms with Crippen LogP contribution >= 0.6 is 12.6 Å². The van der Waals surface area contributed by atoms with E-state index in [0.29, 0.717) is 18.7 Å². The Bertz CT molecular complexity index is 245. The summed E-state index contributed by atoms with van der Waals surface area (Å²) >= 11 is 4.07. The van der Waals surface area contributed by atoms with Crippen molar-refractivity contribution in [3.05, 3.63) is 0 Å². The Kier molecular flexibility index (Phi) is 3.80. The molecular weight excluding hydrogens is 200 g/mol. The van der Waals surface area contributed by atoms with E-state index in [1.54, 1.807) is 4.90 Å². The van der Waals surface area contributed by atoms with Crippen molar-refractivity contribution in [1.82, 2.24) is 4.90 Å². The number of likely N-dealkylation sites (tertiary alicyclic amines) is 1. The molecule has 1 heterocycles. The smallest absolute Gasteiger partial charge is 0.240 e. The minimum atomic E-state index is -0.401. The zero-order valence-electron chi connectivity index (χ0n) is 8.27.